The highest BCUT2D eigenvalue weighted by atomic mass is 16.5. The van der Waals surface area contributed by atoms with Crippen molar-refractivity contribution in [2.45, 2.75) is 13.3 Å². The molecule has 0 spiro atoms. The first-order chi connectivity index (χ1) is 7.79. The maximum Gasteiger partial charge on any atom is 0.330 e. The van der Waals surface area contributed by atoms with Gasteiger partial charge < -0.3 is 10.1 Å². The van der Waals surface area contributed by atoms with Crippen LogP contribution in [-0.4, -0.2) is 24.1 Å². The molecule has 0 saturated carbocycles. The predicted octanol–water partition coefficient (Wildman–Crippen LogP) is 1.63. The largest absolute Gasteiger partial charge is 0.463 e. The molecule has 0 saturated heterocycles. The summed E-state index contributed by atoms with van der Waals surface area (Å²) in [6.07, 6.45) is 5.88. The summed E-state index contributed by atoms with van der Waals surface area (Å²) in [5.74, 6) is 0.634. The Labute approximate surface area is 94.3 Å². The summed E-state index contributed by atoms with van der Waals surface area (Å²) < 4.78 is 4.80. The van der Waals surface area contributed by atoms with E-state index >= 15 is 0 Å². The topological polar surface area (TPSA) is 51.2 Å². The van der Waals surface area contributed by atoms with Crippen molar-refractivity contribution in [3.8, 4) is 0 Å². The minimum atomic E-state index is -0.318. The minimum absolute atomic E-state index is 0.318. The zero-order chi connectivity index (χ0) is 11.4. The van der Waals surface area contributed by atoms with Crippen LogP contribution < -0.4 is 5.32 Å². The maximum absolute atomic E-state index is 11.1. The van der Waals surface area contributed by atoms with Gasteiger partial charge in [0.05, 0.1) is 6.61 Å². The summed E-state index contributed by atoms with van der Waals surface area (Å²) in [6.45, 7) is 3.12. The Morgan fingerprint density at radius 1 is 1.69 bits per heavy atom. The van der Waals surface area contributed by atoms with Gasteiger partial charge in [0, 0.05) is 18.8 Å². The molecule has 2 heterocycles. The monoisotopic (exact) mass is 218 g/mol. The standard InChI is InChI=1S/C12H14N2O2/c1-2-16-11(15)4-3-9-7-10-5-6-13-12(10)14-8-9/h3-4,7-8H,2,5-6H2,1H3,(H,13,14). The highest BCUT2D eigenvalue weighted by Crippen LogP contribution is 2.20. The maximum atomic E-state index is 11.1. The Bertz CT molecular complexity index is 427. The van der Waals surface area contributed by atoms with Crippen LogP contribution in [0, 0.1) is 0 Å². The van der Waals surface area contributed by atoms with Crippen LogP contribution in [0.1, 0.15) is 18.1 Å². The minimum Gasteiger partial charge on any atom is -0.463 e. The first kappa shape index (κ1) is 10.7. The molecule has 0 amide bonds. The van der Waals surface area contributed by atoms with Crippen molar-refractivity contribution in [2.24, 2.45) is 0 Å². The zero-order valence-electron chi connectivity index (χ0n) is 9.19. The second kappa shape index (κ2) is 4.79. The SMILES string of the molecule is CCOC(=O)C=Cc1cnc2c(c1)CCN2. The number of carbonyl (C=O) groups is 1. The molecule has 1 N–H and O–H groups in total. The van der Waals surface area contributed by atoms with Crippen molar-refractivity contribution in [3.63, 3.8) is 0 Å². The van der Waals surface area contributed by atoms with Gasteiger partial charge in [-0.25, -0.2) is 9.78 Å². The van der Waals surface area contributed by atoms with E-state index in [1.165, 1.54) is 11.6 Å². The lowest BCUT2D eigenvalue weighted by Gasteiger charge is -1.99. The molecule has 1 aromatic heterocycles. The average Bonchev–Trinajstić information content (AvgIpc) is 2.74. The first-order valence-electron chi connectivity index (χ1n) is 5.37. The van der Waals surface area contributed by atoms with Crippen LogP contribution in [-0.2, 0) is 16.0 Å². The van der Waals surface area contributed by atoms with E-state index in [0.717, 1.165) is 24.3 Å². The fourth-order valence-corrected chi connectivity index (χ4v) is 1.64. The van der Waals surface area contributed by atoms with Gasteiger partial charge in [0.25, 0.3) is 0 Å². The lowest BCUT2D eigenvalue weighted by molar-refractivity contribution is -0.137. The lowest BCUT2D eigenvalue weighted by Crippen LogP contribution is -1.98. The molecule has 4 nitrogen and oxygen atoms in total. The predicted molar refractivity (Wildman–Crippen MR) is 62.1 cm³/mol. The molecule has 4 heteroatoms. The fourth-order valence-electron chi connectivity index (χ4n) is 1.64. The second-order valence-corrected chi connectivity index (χ2v) is 3.54. The Morgan fingerprint density at radius 3 is 3.38 bits per heavy atom. The van der Waals surface area contributed by atoms with Crippen LogP contribution >= 0.6 is 0 Å². The smallest absolute Gasteiger partial charge is 0.330 e. The summed E-state index contributed by atoms with van der Waals surface area (Å²) in [7, 11) is 0. The average molecular weight is 218 g/mol. The highest BCUT2D eigenvalue weighted by Gasteiger charge is 2.10. The lowest BCUT2D eigenvalue weighted by atomic mass is 10.1. The molecule has 0 aromatic carbocycles. The molecule has 1 aromatic rings. The van der Waals surface area contributed by atoms with Crippen LogP contribution in [0.5, 0.6) is 0 Å². The number of pyridine rings is 1. The van der Waals surface area contributed by atoms with Gasteiger partial charge in [-0.05, 0) is 36.6 Å². The van der Waals surface area contributed by atoms with E-state index in [0.29, 0.717) is 6.61 Å². The van der Waals surface area contributed by atoms with E-state index in [9.17, 15) is 4.79 Å². The van der Waals surface area contributed by atoms with Crippen LogP contribution in [0.2, 0.25) is 0 Å². The molecule has 2 rings (SSSR count). The fraction of sp³-hybridized carbons (Fsp3) is 0.333. The van der Waals surface area contributed by atoms with Crippen LogP contribution in [0.4, 0.5) is 5.82 Å². The van der Waals surface area contributed by atoms with Gasteiger partial charge in [0.1, 0.15) is 5.82 Å². The molecular formula is C12H14N2O2. The van der Waals surface area contributed by atoms with Crippen molar-refractivity contribution in [1.29, 1.82) is 0 Å². The molecular weight excluding hydrogens is 204 g/mol. The third-order valence-corrected chi connectivity index (χ3v) is 2.37. The molecule has 0 bridgehead atoms. The number of carbonyl (C=O) groups excluding carboxylic acids is 1. The molecule has 1 aliphatic heterocycles. The summed E-state index contributed by atoms with van der Waals surface area (Å²) >= 11 is 0. The summed E-state index contributed by atoms with van der Waals surface area (Å²) in [6, 6.07) is 2.04. The third kappa shape index (κ3) is 2.39. The van der Waals surface area contributed by atoms with Crippen LogP contribution in [0.15, 0.2) is 18.3 Å². The number of ether oxygens (including phenoxy) is 1. The molecule has 0 unspecified atom stereocenters. The van der Waals surface area contributed by atoms with Gasteiger partial charge in [-0.15, -0.1) is 0 Å². The Morgan fingerprint density at radius 2 is 2.56 bits per heavy atom. The second-order valence-electron chi connectivity index (χ2n) is 3.54. The van der Waals surface area contributed by atoms with E-state index < -0.39 is 0 Å². The molecule has 0 fully saturated rings. The number of anilines is 1. The van der Waals surface area contributed by atoms with Gasteiger partial charge in [-0.3, -0.25) is 0 Å². The molecule has 0 atom stereocenters. The summed E-state index contributed by atoms with van der Waals surface area (Å²) in [5, 5.41) is 3.19. The van der Waals surface area contributed by atoms with Gasteiger partial charge in [-0.1, -0.05) is 0 Å². The number of aromatic nitrogens is 1. The van der Waals surface area contributed by atoms with Crippen molar-refractivity contribution < 1.29 is 9.53 Å². The molecule has 1 aliphatic rings. The molecule has 0 radical (unpaired) electrons. The van der Waals surface area contributed by atoms with Gasteiger partial charge >= 0.3 is 5.97 Å². The van der Waals surface area contributed by atoms with E-state index in [2.05, 4.69) is 10.3 Å². The van der Waals surface area contributed by atoms with Gasteiger partial charge in [0.2, 0.25) is 0 Å². The van der Waals surface area contributed by atoms with Crippen LogP contribution in [0.3, 0.4) is 0 Å². The Hall–Kier alpha value is -1.84. The van der Waals surface area contributed by atoms with Gasteiger partial charge in [-0.2, -0.15) is 0 Å². The van der Waals surface area contributed by atoms with Crippen molar-refractivity contribution in [3.05, 3.63) is 29.5 Å². The number of nitrogens with zero attached hydrogens (tertiary/aromatic N) is 1. The van der Waals surface area contributed by atoms with Gasteiger partial charge in [0.15, 0.2) is 0 Å². The zero-order valence-corrected chi connectivity index (χ0v) is 9.19. The normalized spacial score (nSPS) is 13.6. The van der Waals surface area contributed by atoms with Crippen molar-refractivity contribution in [1.82, 2.24) is 4.98 Å². The first-order valence-corrected chi connectivity index (χ1v) is 5.37. The highest BCUT2D eigenvalue weighted by molar-refractivity contribution is 5.87. The number of esters is 1. The molecule has 0 aliphatic carbocycles. The number of nitrogens with one attached hydrogen (secondary N) is 1. The summed E-state index contributed by atoms with van der Waals surface area (Å²) in [4.78, 5) is 15.4. The Kier molecular flexibility index (Phi) is 3.19. The Balaban J connectivity index is 2.08. The van der Waals surface area contributed by atoms with E-state index in [4.69, 9.17) is 4.74 Å². The number of hydrogen-bond acceptors (Lipinski definition) is 4. The number of hydrogen-bond donors (Lipinski definition) is 1. The van der Waals surface area contributed by atoms with E-state index in [-0.39, 0.29) is 5.97 Å². The van der Waals surface area contributed by atoms with E-state index in [1.54, 1.807) is 19.2 Å². The summed E-state index contributed by atoms with van der Waals surface area (Å²) in [5.41, 5.74) is 2.13. The third-order valence-electron chi connectivity index (χ3n) is 2.37. The van der Waals surface area contributed by atoms with Crippen LogP contribution in [0.25, 0.3) is 6.08 Å². The molecule has 84 valence electrons. The number of rotatable bonds is 3. The molecule has 16 heavy (non-hydrogen) atoms. The van der Waals surface area contributed by atoms with Crippen molar-refractivity contribution in [2.75, 3.05) is 18.5 Å². The quantitative estimate of drug-likeness (QED) is 0.618. The van der Waals surface area contributed by atoms with Crippen molar-refractivity contribution >= 4 is 17.9 Å². The number of fused-ring (bicyclic) bond motifs is 1. The van der Waals surface area contributed by atoms with E-state index in [1.807, 2.05) is 6.07 Å².